The van der Waals surface area contributed by atoms with Crippen LogP contribution in [0.5, 0.6) is 0 Å². The van der Waals surface area contributed by atoms with Gasteiger partial charge in [0.1, 0.15) is 17.1 Å². The van der Waals surface area contributed by atoms with Gasteiger partial charge in [-0.1, -0.05) is 23.7 Å². The number of ether oxygens (including phenoxy) is 1. The predicted octanol–water partition coefficient (Wildman–Crippen LogP) is 3.30. The summed E-state index contributed by atoms with van der Waals surface area (Å²) in [6.45, 7) is 2.09. The van der Waals surface area contributed by atoms with Crippen molar-refractivity contribution in [3.63, 3.8) is 0 Å². The van der Waals surface area contributed by atoms with E-state index in [1.807, 2.05) is 12.1 Å². The Hall–Kier alpha value is -2.60. The molecule has 0 bridgehead atoms. The number of benzene rings is 1. The molecule has 0 atom stereocenters. The highest BCUT2D eigenvalue weighted by atomic mass is 35.5. The van der Waals surface area contributed by atoms with Crippen LogP contribution in [0.3, 0.4) is 0 Å². The average Bonchev–Trinajstić information content (AvgIpc) is 3.17. The van der Waals surface area contributed by atoms with E-state index >= 15 is 0 Å². The van der Waals surface area contributed by atoms with E-state index in [9.17, 15) is 4.79 Å². The maximum atomic E-state index is 11.7. The Labute approximate surface area is 131 Å². The normalized spacial score (nSPS) is 10.6. The van der Waals surface area contributed by atoms with Gasteiger partial charge in [-0.3, -0.25) is 0 Å². The Morgan fingerprint density at radius 2 is 1.86 bits per heavy atom. The molecule has 2 N–H and O–H groups in total. The molecule has 0 aliphatic heterocycles. The summed E-state index contributed by atoms with van der Waals surface area (Å²) >= 11 is 5.90. The Kier molecular flexibility index (Phi) is 3.93. The van der Waals surface area contributed by atoms with E-state index < -0.39 is 5.97 Å². The third-order valence-electron chi connectivity index (χ3n) is 3.12. The van der Waals surface area contributed by atoms with Crippen LogP contribution in [0.1, 0.15) is 17.4 Å². The van der Waals surface area contributed by atoms with Crippen molar-refractivity contribution in [3.05, 3.63) is 47.2 Å². The summed E-state index contributed by atoms with van der Waals surface area (Å²) in [5, 5.41) is 11.6. The smallest absolute Gasteiger partial charge is 0.354 e. The number of hydrogen-bond acceptors (Lipinski definition) is 4. The Balaban J connectivity index is 1.95. The van der Waals surface area contributed by atoms with Crippen molar-refractivity contribution >= 4 is 17.6 Å². The first-order valence-corrected chi connectivity index (χ1v) is 7.09. The van der Waals surface area contributed by atoms with Gasteiger partial charge in [0.15, 0.2) is 0 Å². The Morgan fingerprint density at radius 3 is 2.55 bits per heavy atom. The highest BCUT2D eigenvalue weighted by molar-refractivity contribution is 6.30. The number of aromatic amines is 2. The molecule has 3 rings (SSSR count). The van der Waals surface area contributed by atoms with Gasteiger partial charge < -0.3 is 9.72 Å². The lowest BCUT2D eigenvalue weighted by Gasteiger charge is -1.99. The number of carbonyl (C=O) groups is 1. The largest absolute Gasteiger partial charge is 0.461 e. The number of hydrogen-bond donors (Lipinski definition) is 2. The molecule has 0 amide bonds. The van der Waals surface area contributed by atoms with Crippen LogP contribution in [0.25, 0.3) is 22.5 Å². The third kappa shape index (κ3) is 2.73. The second kappa shape index (κ2) is 6.03. The molecule has 0 saturated carbocycles. The standard InChI is InChI=1S/C15H13ClN4O2/c1-2-22-15(21)12-7-10(8-17-12)14-13(18-20-19-14)9-3-5-11(16)6-4-9/h3-8,17H,2H2,1H3,(H,18,19,20). The molecule has 0 saturated heterocycles. The first-order valence-electron chi connectivity index (χ1n) is 6.71. The maximum absolute atomic E-state index is 11.7. The number of rotatable bonds is 4. The van der Waals surface area contributed by atoms with Crippen LogP contribution < -0.4 is 0 Å². The molecular weight excluding hydrogens is 304 g/mol. The fourth-order valence-electron chi connectivity index (χ4n) is 2.10. The predicted molar refractivity (Wildman–Crippen MR) is 82.6 cm³/mol. The zero-order valence-corrected chi connectivity index (χ0v) is 12.5. The van der Waals surface area contributed by atoms with Crippen molar-refractivity contribution in [1.82, 2.24) is 20.4 Å². The van der Waals surface area contributed by atoms with Crippen LogP contribution in [0.2, 0.25) is 5.02 Å². The number of halogens is 1. The van der Waals surface area contributed by atoms with E-state index in [4.69, 9.17) is 16.3 Å². The molecular formula is C15H13ClN4O2. The van der Waals surface area contributed by atoms with Gasteiger partial charge in [-0.25, -0.2) is 4.79 Å². The van der Waals surface area contributed by atoms with Crippen molar-refractivity contribution in [2.24, 2.45) is 0 Å². The topological polar surface area (TPSA) is 83.7 Å². The van der Waals surface area contributed by atoms with Gasteiger partial charge in [-0.2, -0.15) is 15.4 Å². The summed E-state index contributed by atoms with van der Waals surface area (Å²) in [6.07, 6.45) is 1.70. The van der Waals surface area contributed by atoms with Gasteiger partial charge in [-0.15, -0.1) is 0 Å². The number of nitrogens with zero attached hydrogens (tertiary/aromatic N) is 2. The molecule has 22 heavy (non-hydrogen) atoms. The first-order chi connectivity index (χ1) is 10.7. The molecule has 1 aromatic carbocycles. The van der Waals surface area contributed by atoms with Gasteiger partial charge in [0, 0.05) is 22.3 Å². The first kappa shape index (κ1) is 14.3. The van der Waals surface area contributed by atoms with Gasteiger partial charge in [0.05, 0.1) is 6.61 Å². The quantitative estimate of drug-likeness (QED) is 0.723. The van der Waals surface area contributed by atoms with Crippen molar-refractivity contribution < 1.29 is 9.53 Å². The fourth-order valence-corrected chi connectivity index (χ4v) is 2.22. The summed E-state index contributed by atoms with van der Waals surface area (Å²) in [7, 11) is 0. The highest BCUT2D eigenvalue weighted by Gasteiger charge is 2.16. The van der Waals surface area contributed by atoms with Gasteiger partial charge in [-0.05, 0) is 25.1 Å². The van der Waals surface area contributed by atoms with Crippen LogP contribution in [-0.4, -0.2) is 33.0 Å². The van der Waals surface area contributed by atoms with E-state index in [-0.39, 0.29) is 0 Å². The van der Waals surface area contributed by atoms with Gasteiger partial charge >= 0.3 is 5.97 Å². The Morgan fingerprint density at radius 1 is 1.18 bits per heavy atom. The number of H-pyrrole nitrogens is 2. The second-order valence-corrected chi connectivity index (χ2v) is 4.99. The third-order valence-corrected chi connectivity index (χ3v) is 3.37. The summed E-state index contributed by atoms with van der Waals surface area (Å²) in [4.78, 5) is 14.6. The number of carbonyl (C=O) groups excluding carboxylic acids is 1. The summed E-state index contributed by atoms with van der Waals surface area (Å²) in [5.41, 5.74) is 3.34. The lowest BCUT2D eigenvalue weighted by atomic mass is 10.1. The van der Waals surface area contributed by atoms with Crippen molar-refractivity contribution in [2.45, 2.75) is 6.92 Å². The highest BCUT2D eigenvalue weighted by Crippen LogP contribution is 2.29. The van der Waals surface area contributed by atoms with Crippen LogP contribution in [0.15, 0.2) is 36.5 Å². The summed E-state index contributed by atoms with van der Waals surface area (Å²) in [5.74, 6) is -0.398. The molecule has 0 unspecified atom stereocenters. The number of nitrogens with one attached hydrogen (secondary N) is 2. The van der Waals surface area contributed by atoms with Crippen LogP contribution >= 0.6 is 11.6 Å². The molecule has 0 aliphatic rings. The molecule has 0 spiro atoms. The zero-order chi connectivity index (χ0) is 15.5. The monoisotopic (exact) mass is 316 g/mol. The molecule has 2 heterocycles. The van der Waals surface area contributed by atoms with E-state index in [1.54, 1.807) is 31.3 Å². The molecule has 0 fully saturated rings. The molecule has 7 heteroatoms. The molecule has 0 radical (unpaired) electrons. The minimum Gasteiger partial charge on any atom is -0.461 e. The molecule has 0 aliphatic carbocycles. The lowest BCUT2D eigenvalue weighted by Crippen LogP contribution is -2.04. The van der Waals surface area contributed by atoms with Crippen LogP contribution in [-0.2, 0) is 4.74 Å². The molecule has 3 aromatic rings. The molecule has 6 nitrogen and oxygen atoms in total. The van der Waals surface area contributed by atoms with Gasteiger partial charge in [0.25, 0.3) is 0 Å². The Bertz CT molecular complexity index is 792. The van der Waals surface area contributed by atoms with Gasteiger partial charge in [0.2, 0.25) is 0 Å². The van der Waals surface area contributed by atoms with Crippen molar-refractivity contribution in [1.29, 1.82) is 0 Å². The zero-order valence-electron chi connectivity index (χ0n) is 11.8. The summed E-state index contributed by atoms with van der Waals surface area (Å²) in [6, 6.07) is 8.99. The van der Waals surface area contributed by atoms with Crippen molar-refractivity contribution in [3.8, 4) is 22.5 Å². The van der Waals surface area contributed by atoms with Crippen molar-refractivity contribution in [2.75, 3.05) is 6.61 Å². The average molecular weight is 317 g/mol. The van der Waals surface area contributed by atoms with E-state index in [1.165, 1.54) is 0 Å². The van der Waals surface area contributed by atoms with E-state index in [2.05, 4.69) is 20.4 Å². The SMILES string of the molecule is CCOC(=O)c1cc(-c2n[nH]nc2-c2ccc(Cl)cc2)c[nH]1. The lowest BCUT2D eigenvalue weighted by molar-refractivity contribution is 0.0520. The number of esters is 1. The fraction of sp³-hybridized carbons (Fsp3) is 0.133. The summed E-state index contributed by atoms with van der Waals surface area (Å²) < 4.78 is 4.96. The second-order valence-electron chi connectivity index (χ2n) is 4.55. The minimum absolute atomic E-state index is 0.327. The van der Waals surface area contributed by atoms with E-state index in [0.717, 1.165) is 11.1 Å². The maximum Gasteiger partial charge on any atom is 0.354 e. The molecule has 112 valence electrons. The van der Waals surface area contributed by atoms with E-state index in [0.29, 0.717) is 28.7 Å². The number of aromatic nitrogens is 4. The minimum atomic E-state index is -0.398. The van der Waals surface area contributed by atoms with Crippen LogP contribution in [0, 0.1) is 0 Å². The molecule has 2 aromatic heterocycles. The van der Waals surface area contributed by atoms with Crippen LogP contribution in [0.4, 0.5) is 0 Å².